The molecule has 3 heteroatoms. The molecule has 1 aliphatic rings. The average Bonchev–Trinajstić information content (AvgIpc) is 2.35. The number of allylic oxidation sites excluding steroid dienone is 3. The summed E-state index contributed by atoms with van der Waals surface area (Å²) in [6, 6.07) is 8.09. The minimum Gasteiger partial charge on any atom is -0.497 e. The lowest BCUT2D eigenvalue weighted by molar-refractivity contribution is 0.414. The van der Waals surface area contributed by atoms with Crippen LogP contribution in [0.3, 0.4) is 0 Å². The van der Waals surface area contributed by atoms with Crippen LogP contribution < -0.4 is 4.74 Å². The van der Waals surface area contributed by atoms with Crippen LogP contribution in [0.2, 0.25) is 0 Å². The van der Waals surface area contributed by atoms with Gasteiger partial charge in [-0.25, -0.2) is 0 Å². The molecule has 17 heavy (non-hydrogen) atoms. The van der Waals surface area contributed by atoms with Gasteiger partial charge in [0, 0.05) is 23.9 Å². The third-order valence-electron chi connectivity index (χ3n) is 2.91. The minimum atomic E-state index is 0.768. The van der Waals surface area contributed by atoms with E-state index in [1.165, 1.54) is 16.8 Å². The zero-order chi connectivity index (χ0) is 12.3. The van der Waals surface area contributed by atoms with E-state index >= 15 is 0 Å². The van der Waals surface area contributed by atoms with Crippen molar-refractivity contribution in [1.82, 2.24) is 4.42 Å². The molecule has 0 amide bonds. The molecule has 90 valence electrons. The van der Waals surface area contributed by atoms with Gasteiger partial charge in [0.05, 0.1) is 13.7 Å². The second-order valence-electron chi connectivity index (χ2n) is 4.10. The number of methoxy groups -OCH3 is 1. The van der Waals surface area contributed by atoms with Gasteiger partial charge in [-0.1, -0.05) is 24.3 Å². The first-order valence-corrected chi connectivity index (χ1v) is 5.97. The van der Waals surface area contributed by atoms with Crippen LogP contribution in [0.4, 0.5) is 0 Å². The Balaban J connectivity index is 2.16. The molecule has 0 radical (unpaired) electrons. The highest BCUT2D eigenvalue weighted by molar-refractivity contribution is 6.14. The number of hydrogen-bond acceptors (Lipinski definition) is 2. The Bertz CT molecular complexity index is 448. The van der Waals surface area contributed by atoms with E-state index < -0.39 is 0 Å². The summed E-state index contributed by atoms with van der Waals surface area (Å²) in [6.45, 7) is 2.86. The normalized spacial score (nSPS) is 15.4. The number of hydrogen-bond donors (Lipinski definition) is 0. The van der Waals surface area contributed by atoms with Crippen LogP contribution in [0.25, 0.3) is 0 Å². The van der Waals surface area contributed by atoms with Gasteiger partial charge in [-0.3, -0.25) is 4.42 Å². The second-order valence-corrected chi connectivity index (χ2v) is 4.51. The van der Waals surface area contributed by atoms with Crippen LogP contribution in [0.5, 0.6) is 5.75 Å². The zero-order valence-corrected chi connectivity index (χ0v) is 10.9. The van der Waals surface area contributed by atoms with Gasteiger partial charge in [0.1, 0.15) is 5.75 Å². The molecule has 1 aliphatic heterocycles. The van der Waals surface area contributed by atoms with Gasteiger partial charge in [0.25, 0.3) is 0 Å². The van der Waals surface area contributed by atoms with Gasteiger partial charge in [0.2, 0.25) is 0 Å². The fourth-order valence-corrected chi connectivity index (χ4v) is 2.15. The summed E-state index contributed by atoms with van der Waals surface area (Å²) in [5, 5.41) is 0. The van der Waals surface area contributed by atoms with Crippen LogP contribution in [-0.2, 0) is 6.42 Å². The maximum Gasteiger partial charge on any atom is 0.118 e. The van der Waals surface area contributed by atoms with Crippen molar-refractivity contribution in [3.63, 3.8) is 0 Å². The van der Waals surface area contributed by atoms with E-state index in [2.05, 4.69) is 31.2 Å². The van der Waals surface area contributed by atoms with E-state index in [9.17, 15) is 0 Å². The number of nitrogens with zero attached hydrogens (tertiary/aromatic N) is 1. The monoisotopic (exact) mass is 249 g/mol. The molecule has 0 N–H and O–H groups in total. The molecule has 0 aliphatic carbocycles. The van der Waals surface area contributed by atoms with Gasteiger partial charge < -0.3 is 4.74 Å². The second kappa shape index (κ2) is 5.28. The zero-order valence-electron chi connectivity index (χ0n) is 10.1. The molecule has 1 aromatic carbocycles. The molecule has 0 unspecified atom stereocenters. The molecule has 0 saturated heterocycles. The van der Waals surface area contributed by atoms with Crippen molar-refractivity contribution >= 4 is 11.8 Å². The number of rotatable bonds is 3. The van der Waals surface area contributed by atoms with Crippen molar-refractivity contribution in [3.8, 4) is 5.75 Å². The van der Waals surface area contributed by atoms with E-state index in [1.807, 2.05) is 12.1 Å². The summed E-state index contributed by atoms with van der Waals surface area (Å²) in [5.74, 6) is 0.880. The summed E-state index contributed by atoms with van der Waals surface area (Å²) in [6.07, 6.45) is 5.04. The molecule has 1 aromatic rings. The summed E-state index contributed by atoms with van der Waals surface area (Å²) in [5.41, 5.74) is 3.63. The Morgan fingerprint density at radius 2 is 2.00 bits per heavy atom. The molecule has 2 nitrogen and oxygen atoms in total. The van der Waals surface area contributed by atoms with Crippen LogP contribution >= 0.6 is 11.8 Å². The average molecular weight is 250 g/mol. The van der Waals surface area contributed by atoms with Gasteiger partial charge in [-0.15, -0.1) is 0 Å². The Hall–Kier alpha value is -1.41. The molecule has 0 atom stereocenters. The molecule has 1 heterocycles. The van der Waals surface area contributed by atoms with Gasteiger partial charge in [-0.05, 0) is 30.2 Å². The molecule has 0 bridgehead atoms. The molecular weight excluding hydrogens is 234 g/mol. The van der Waals surface area contributed by atoms with Crippen molar-refractivity contribution in [3.05, 3.63) is 53.3 Å². The lowest BCUT2D eigenvalue weighted by atomic mass is 10.0. The summed E-state index contributed by atoms with van der Waals surface area (Å²) >= 11 is 6.19. The number of halogens is 1. The smallest absolute Gasteiger partial charge is 0.118 e. The summed E-state index contributed by atoms with van der Waals surface area (Å²) in [4.78, 5) is 0. The highest BCUT2D eigenvalue weighted by Crippen LogP contribution is 2.23. The first kappa shape index (κ1) is 12.1. The SMILES string of the molecule is COc1ccc(CC2=C(C)C=CCN2Cl)cc1. The highest BCUT2D eigenvalue weighted by atomic mass is 35.5. The minimum absolute atomic E-state index is 0.768. The van der Waals surface area contributed by atoms with Crippen molar-refractivity contribution < 1.29 is 4.74 Å². The van der Waals surface area contributed by atoms with Crippen LogP contribution in [0.1, 0.15) is 12.5 Å². The maximum absolute atomic E-state index is 6.19. The van der Waals surface area contributed by atoms with Crippen molar-refractivity contribution in [2.45, 2.75) is 13.3 Å². The largest absolute Gasteiger partial charge is 0.497 e. The van der Waals surface area contributed by atoms with Crippen molar-refractivity contribution in [1.29, 1.82) is 0 Å². The Morgan fingerprint density at radius 1 is 1.29 bits per heavy atom. The van der Waals surface area contributed by atoms with E-state index in [0.29, 0.717) is 0 Å². The predicted octanol–water partition coefficient (Wildman–Crippen LogP) is 3.54. The predicted molar refractivity (Wildman–Crippen MR) is 71.1 cm³/mol. The van der Waals surface area contributed by atoms with Crippen molar-refractivity contribution in [2.24, 2.45) is 0 Å². The summed E-state index contributed by atoms with van der Waals surface area (Å²) in [7, 11) is 1.67. The van der Waals surface area contributed by atoms with Crippen LogP contribution in [0, 0.1) is 0 Å². The first-order valence-electron chi connectivity index (χ1n) is 5.63. The molecule has 2 rings (SSSR count). The van der Waals surface area contributed by atoms with E-state index in [1.54, 1.807) is 11.5 Å². The lowest BCUT2D eigenvalue weighted by Crippen LogP contribution is -2.17. The Morgan fingerprint density at radius 3 is 2.59 bits per heavy atom. The topological polar surface area (TPSA) is 12.5 Å². The van der Waals surface area contributed by atoms with Gasteiger partial charge in [-0.2, -0.15) is 0 Å². The number of benzene rings is 1. The van der Waals surface area contributed by atoms with E-state index in [4.69, 9.17) is 16.5 Å². The van der Waals surface area contributed by atoms with Crippen LogP contribution in [0.15, 0.2) is 47.7 Å². The first-order chi connectivity index (χ1) is 8.20. The quantitative estimate of drug-likeness (QED) is 0.760. The van der Waals surface area contributed by atoms with Crippen LogP contribution in [-0.4, -0.2) is 18.1 Å². The third kappa shape index (κ3) is 2.83. The number of ether oxygens (including phenoxy) is 1. The Labute approximate surface area is 107 Å². The van der Waals surface area contributed by atoms with Crippen molar-refractivity contribution in [2.75, 3.05) is 13.7 Å². The highest BCUT2D eigenvalue weighted by Gasteiger charge is 2.12. The van der Waals surface area contributed by atoms with E-state index in [0.717, 1.165) is 18.7 Å². The van der Waals surface area contributed by atoms with E-state index in [-0.39, 0.29) is 0 Å². The van der Waals surface area contributed by atoms with Gasteiger partial charge in [0.15, 0.2) is 0 Å². The Kier molecular flexibility index (Phi) is 3.75. The standard InChI is InChI=1S/C14H16ClNO/c1-11-4-3-9-16(15)14(11)10-12-5-7-13(17-2)8-6-12/h3-8H,9-10H2,1-2H3. The lowest BCUT2D eigenvalue weighted by Gasteiger charge is -2.23. The molecular formula is C14H16ClNO. The van der Waals surface area contributed by atoms with Gasteiger partial charge >= 0.3 is 0 Å². The fraction of sp³-hybridized carbons (Fsp3) is 0.286. The molecule has 0 spiro atoms. The molecule has 0 saturated carbocycles. The maximum atomic E-state index is 6.19. The fourth-order valence-electron chi connectivity index (χ4n) is 1.88. The third-order valence-corrected chi connectivity index (χ3v) is 3.25. The summed E-state index contributed by atoms with van der Waals surface area (Å²) < 4.78 is 6.92. The molecule has 0 fully saturated rings. The molecule has 0 aromatic heterocycles.